The molecule has 1 fully saturated rings. The molecule has 1 heterocycles. The Morgan fingerprint density at radius 3 is 2.71 bits per heavy atom. The van der Waals surface area contributed by atoms with Crippen molar-refractivity contribution in [3.63, 3.8) is 0 Å². The number of esters is 1. The largest absolute Gasteiger partial charge is 0.457 e. The fourth-order valence-electron chi connectivity index (χ4n) is 1.67. The zero-order valence-corrected chi connectivity index (χ0v) is 9.67. The molecular formula is C13H17NO3. The van der Waals surface area contributed by atoms with Crippen molar-refractivity contribution in [2.45, 2.75) is 25.0 Å². The minimum absolute atomic E-state index is 0.0459. The Morgan fingerprint density at radius 2 is 2.12 bits per heavy atom. The number of hydrogen-bond acceptors (Lipinski definition) is 4. The molecule has 2 N–H and O–H groups in total. The van der Waals surface area contributed by atoms with Crippen LogP contribution < -0.4 is 5.73 Å². The molecule has 0 saturated carbocycles. The van der Waals surface area contributed by atoms with Gasteiger partial charge in [-0.1, -0.05) is 30.3 Å². The molecule has 1 unspecified atom stereocenters. The summed E-state index contributed by atoms with van der Waals surface area (Å²) in [6, 6.07) is 9.66. The first kappa shape index (κ1) is 12.1. The predicted octanol–water partition coefficient (Wildman–Crippen LogP) is 1.41. The summed E-state index contributed by atoms with van der Waals surface area (Å²) < 4.78 is 10.1. The van der Waals surface area contributed by atoms with Crippen molar-refractivity contribution in [2.75, 3.05) is 13.2 Å². The Labute approximate surface area is 101 Å². The molecule has 0 spiro atoms. The van der Waals surface area contributed by atoms with Crippen molar-refractivity contribution in [3.05, 3.63) is 35.9 Å². The predicted molar refractivity (Wildman–Crippen MR) is 63.3 cm³/mol. The van der Waals surface area contributed by atoms with Crippen LogP contribution in [0, 0.1) is 0 Å². The molecule has 92 valence electrons. The first-order valence-corrected chi connectivity index (χ1v) is 5.83. The van der Waals surface area contributed by atoms with E-state index in [4.69, 9.17) is 15.2 Å². The SMILES string of the molecule is NC(CCC(=O)OC1COC1)c1ccccc1. The number of carbonyl (C=O) groups is 1. The average molecular weight is 235 g/mol. The Hall–Kier alpha value is -1.39. The summed E-state index contributed by atoms with van der Waals surface area (Å²) in [6.07, 6.45) is 0.915. The molecule has 0 amide bonds. The number of hydrogen-bond donors (Lipinski definition) is 1. The molecule has 17 heavy (non-hydrogen) atoms. The third kappa shape index (κ3) is 3.54. The van der Waals surface area contributed by atoms with Crippen LogP contribution in [0.25, 0.3) is 0 Å². The maximum atomic E-state index is 11.4. The molecule has 1 atom stereocenters. The topological polar surface area (TPSA) is 61.6 Å². The Morgan fingerprint density at radius 1 is 1.41 bits per heavy atom. The lowest BCUT2D eigenvalue weighted by molar-refractivity contribution is -0.172. The van der Waals surface area contributed by atoms with Gasteiger partial charge < -0.3 is 15.2 Å². The molecule has 1 aromatic carbocycles. The molecule has 0 radical (unpaired) electrons. The van der Waals surface area contributed by atoms with Crippen molar-refractivity contribution < 1.29 is 14.3 Å². The first-order chi connectivity index (χ1) is 8.25. The summed E-state index contributed by atoms with van der Waals surface area (Å²) in [7, 11) is 0. The van der Waals surface area contributed by atoms with Gasteiger partial charge in [-0.25, -0.2) is 0 Å². The van der Waals surface area contributed by atoms with Gasteiger partial charge in [0.15, 0.2) is 0 Å². The highest BCUT2D eigenvalue weighted by atomic mass is 16.6. The van der Waals surface area contributed by atoms with Crippen molar-refractivity contribution in [1.29, 1.82) is 0 Å². The standard InChI is InChI=1S/C13H17NO3/c14-12(10-4-2-1-3-5-10)6-7-13(15)17-11-8-16-9-11/h1-5,11-12H,6-9,14H2. The van der Waals surface area contributed by atoms with E-state index in [0.717, 1.165) is 5.56 Å². The lowest BCUT2D eigenvalue weighted by atomic mass is 10.0. The van der Waals surface area contributed by atoms with Gasteiger partial charge in [0, 0.05) is 12.5 Å². The van der Waals surface area contributed by atoms with Gasteiger partial charge in [-0.3, -0.25) is 4.79 Å². The van der Waals surface area contributed by atoms with Gasteiger partial charge in [0.1, 0.15) is 6.10 Å². The van der Waals surface area contributed by atoms with Gasteiger partial charge in [-0.2, -0.15) is 0 Å². The van der Waals surface area contributed by atoms with E-state index in [9.17, 15) is 4.79 Å². The van der Waals surface area contributed by atoms with E-state index in [0.29, 0.717) is 26.1 Å². The maximum absolute atomic E-state index is 11.4. The van der Waals surface area contributed by atoms with Gasteiger partial charge in [-0.15, -0.1) is 0 Å². The van der Waals surface area contributed by atoms with Crippen LogP contribution >= 0.6 is 0 Å². The minimum Gasteiger partial charge on any atom is -0.457 e. The third-order valence-electron chi connectivity index (χ3n) is 2.79. The van der Waals surface area contributed by atoms with Gasteiger partial charge >= 0.3 is 5.97 Å². The molecular weight excluding hydrogens is 218 g/mol. The average Bonchev–Trinajstić information content (AvgIpc) is 2.32. The van der Waals surface area contributed by atoms with Crippen molar-refractivity contribution >= 4 is 5.97 Å². The molecule has 1 saturated heterocycles. The number of carbonyl (C=O) groups excluding carboxylic acids is 1. The summed E-state index contributed by atoms with van der Waals surface area (Å²) >= 11 is 0. The highest BCUT2D eigenvalue weighted by molar-refractivity contribution is 5.69. The Balaban J connectivity index is 1.72. The Bertz CT molecular complexity index is 362. The molecule has 2 rings (SSSR count). The van der Waals surface area contributed by atoms with E-state index < -0.39 is 0 Å². The number of rotatable bonds is 5. The van der Waals surface area contributed by atoms with Crippen molar-refractivity contribution in [2.24, 2.45) is 5.73 Å². The quantitative estimate of drug-likeness (QED) is 0.784. The van der Waals surface area contributed by atoms with Gasteiger partial charge in [-0.05, 0) is 12.0 Å². The maximum Gasteiger partial charge on any atom is 0.306 e. The van der Waals surface area contributed by atoms with Crippen LogP contribution in [-0.4, -0.2) is 25.3 Å². The fraction of sp³-hybridized carbons (Fsp3) is 0.462. The van der Waals surface area contributed by atoms with Crippen molar-refractivity contribution in [3.8, 4) is 0 Å². The van der Waals surface area contributed by atoms with Crippen LogP contribution in [0.15, 0.2) is 30.3 Å². The third-order valence-corrected chi connectivity index (χ3v) is 2.79. The molecule has 0 bridgehead atoms. The lowest BCUT2D eigenvalue weighted by Crippen LogP contribution is -2.37. The van der Waals surface area contributed by atoms with E-state index >= 15 is 0 Å². The van der Waals surface area contributed by atoms with Gasteiger partial charge in [0.05, 0.1) is 13.2 Å². The minimum atomic E-state index is -0.190. The van der Waals surface area contributed by atoms with Crippen LogP contribution in [-0.2, 0) is 14.3 Å². The summed E-state index contributed by atoms with van der Waals surface area (Å²) in [6.45, 7) is 1.05. The van der Waals surface area contributed by atoms with Crippen LogP contribution in [0.4, 0.5) is 0 Å². The molecule has 1 aromatic rings. The number of benzene rings is 1. The number of ether oxygens (including phenoxy) is 2. The summed E-state index contributed by atoms with van der Waals surface area (Å²) in [4.78, 5) is 11.4. The summed E-state index contributed by atoms with van der Waals surface area (Å²) in [5.41, 5.74) is 7.04. The molecule has 0 aliphatic carbocycles. The lowest BCUT2D eigenvalue weighted by Gasteiger charge is -2.25. The Kier molecular flexibility index (Phi) is 4.12. The van der Waals surface area contributed by atoms with Crippen LogP contribution in [0.5, 0.6) is 0 Å². The van der Waals surface area contributed by atoms with E-state index in [1.54, 1.807) is 0 Å². The number of nitrogens with two attached hydrogens (primary N) is 1. The zero-order chi connectivity index (χ0) is 12.1. The summed E-state index contributed by atoms with van der Waals surface area (Å²) in [5.74, 6) is -0.190. The van der Waals surface area contributed by atoms with Crippen LogP contribution in [0.3, 0.4) is 0 Å². The van der Waals surface area contributed by atoms with Crippen LogP contribution in [0.2, 0.25) is 0 Å². The highest BCUT2D eigenvalue weighted by Crippen LogP contribution is 2.16. The van der Waals surface area contributed by atoms with E-state index in [-0.39, 0.29) is 18.1 Å². The second-order valence-corrected chi connectivity index (χ2v) is 4.21. The van der Waals surface area contributed by atoms with E-state index in [1.807, 2.05) is 30.3 Å². The highest BCUT2D eigenvalue weighted by Gasteiger charge is 2.22. The molecule has 1 aliphatic heterocycles. The fourth-order valence-corrected chi connectivity index (χ4v) is 1.67. The van der Waals surface area contributed by atoms with Crippen molar-refractivity contribution in [1.82, 2.24) is 0 Å². The first-order valence-electron chi connectivity index (χ1n) is 5.83. The molecule has 0 aromatic heterocycles. The molecule has 1 aliphatic rings. The van der Waals surface area contributed by atoms with E-state index in [1.165, 1.54) is 0 Å². The van der Waals surface area contributed by atoms with Crippen LogP contribution in [0.1, 0.15) is 24.4 Å². The van der Waals surface area contributed by atoms with Gasteiger partial charge in [0.2, 0.25) is 0 Å². The monoisotopic (exact) mass is 235 g/mol. The molecule has 4 heteroatoms. The second kappa shape index (κ2) is 5.80. The second-order valence-electron chi connectivity index (χ2n) is 4.21. The molecule has 4 nitrogen and oxygen atoms in total. The van der Waals surface area contributed by atoms with Gasteiger partial charge in [0.25, 0.3) is 0 Å². The smallest absolute Gasteiger partial charge is 0.306 e. The normalized spacial score (nSPS) is 17.2. The summed E-state index contributed by atoms with van der Waals surface area (Å²) in [5, 5.41) is 0. The van der Waals surface area contributed by atoms with E-state index in [2.05, 4.69) is 0 Å². The zero-order valence-electron chi connectivity index (χ0n) is 9.67.